The van der Waals surface area contributed by atoms with Crippen LogP contribution in [0.1, 0.15) is 22.3 Å². The van der Waals surface area contributed by atoms with E-state index < -0.39 is 5.41 Å². The number of phenols is 2. The summed E-state index contributed by atoms with van der Waals surface area (Å²) < 4.78 is 11.1. The lowest BCUT2D eigenvalue weighted by Crippen LogP contribution is -2.28. The summed E-state index contributed by atoms with van der Waals surface area (Å²) in [4.78, 5) is 0. The Hall–Kier alpha value is -5.48. The molecule has 6 aromatic rings. The molecule has 4 heteroatoms. The zero-order valence-corrected chi connectivity index (χ0v) is 23.9. The van der Waals surface area contributed by atoms with Crippen LogP contribution in [-0.4, -0.2) is 24.4 Å². The minimum absolute atomic E-state index is 0.207. The number of ether oxygens (including phenoxy) is 2. The molecule has 0 aromatic heterocycles. The number of fused-ring (bicyclic) bond motifs is 3. The van der Waals surface area contributed by atoms with Crippen LogP contribution < -0.4 is 9.47 Å². The van der Waals surface area contributed by atoms with Gasteiger partial charge in [0, 0.05) is 0 Å². The van der Waals surface area contributed by atoms with Crippen LogP contribution in [0, 0.1) is 0 Å². The molecule has 0 atom stereocenters. The first-order valence-electron chi connectivity index (χ1n) is 14.2. The molecule has 0 heterocycles. The lowest BCUT2D eigenvalue weighted by molar-refractivity contribution is 0.415. The second kappa shape index (κ2) is 10.4. The monoisotopic (exact) mass is 562 g/mol. The van der Waals surface area contributed by atoms with E-state index in [-0.39, 0.29) is 11.5 Å². The lowest BCUT2D eigenvalue weighted by atomic mass is 9.67. The van der Waals surface area contributed by atoms with Crippen LogP contribution in [0.25, 0.3) is 33.4 Å². The van der Waals surface area contributed by atoms with Crippen molar-refractivity contribution in [1.82, 2.24) is 0 Å². The minimum atomic E-state index is -0.726. The van der Waals surface area contributed by atoms with Crippen molar-refractivity contribution >= 4 is 0 Å². The Morgan fingerprint density at radius 3 is 1.23 bits per heavy atom. The average molecular weight is 563 g/mol. The Labute approximate surface area is 251 Å². The van der Waals surface area contributed by atoms with Crippen LogP contribution in [0.4, 0.5) is 0 Å². The SMILES string of the molecule is COc1cccc(-c2ccc3c(c2)C(c2ccc(O)cc2)(c2ccc(O)cc2)c2cc(-c4cccc(OC)c4)ccc2-3)c1. The van der Waals surface area contributed by atoms with Gasteiger partial charge in [0.15, 0.2) is 0 Å². The van der Waals surface area contributed by atoms with E-state index in [0.717, 1.165) is 67.1 Å². The molecular formula is C39H30O4. The van der Waals surface area contributed by atoms with Crippen molar-refractivity contribution in [3.8, 4) is 56.4 Å². The van der Waals surface area contributed by atoms with Crippen LogP contribution >= 0.6 is 0 Å². The maximum absolute atomic E-state index is 10.3. The second-order valence-corrected chi connectivity index (χ2v) is 10.8. The molecule has 6 aromatic carbocycles. The molecule has 0 bridgehead atoms. The summed E-state index contributed by atoms with van der Waals surface area (Å²) in [6, 6.07) is 44.4. The van der Waals surface area contributed by atoms with Crippen molar-refractivity contribution in [2.45, 2.75) is 5.41 Å². The van der Waals surface area contributed by atoms with Crippen LogP contribution in [-0.2, 0) is 5.41 Å². The Morgan fingerprint density at radius 1 is 0.442 bits per heavy atom. The molecule has 7 rings (SSSR count). The van der Waals surface area contributed by atoms with E-state index in [2.05, 4.69) is 48.5 Å². The molecule has 0 fully saturated rings. The molecule has 0 saturated carbocycles. The van der Waals surface area contributed by atoms with Crippen molar-refractivity contribution in [2.75, 3.05) is 14.2 Å². The summed E-state index contributed by atoms with van der Waals surface area (Å²) >= 11 is 0. The van der Waals surface area contributed by atoms with Gasteiger partial charge in [0.1, 0.15) is 23.0 Å². The van der Waals surface area contributed by atoms with Crippen LogP contribution in [0.2, 0.25) is 0 Å². The summed E-state index contributed by atoms with van der Waals surface area (Å²) in [5.74, 6) is 2.01. The van der Waals surface area contributed by atoms with E-state index in [1.807, 2.05) is 60.7 Å². The van der Waals surface area contributed by atoms with Crippen LogP contribution in [0.15, 0.2) is 133 Å². The first-order chi connectivity index (χ1) is 21.0. The molecule has 0 aliphatic heterocycles. The van der Waals surface area contributed by atoms with Gasteiger partial charge in [-0.3, -0.25) is 0 Å². The fourth-order valence-corrected chi connectivity index (χ4v) is 6.50. The van der Waals surface area contributed by atoms with Crippen LogP contribution in [0.3, 0.4) is 0 Å². The van der Waals surface area contributed by atoms with E-state index in [0.29, 0.717) is 0 Å². The molecule has 1 aliphatic carbocycles. The fraction of sp³-hybridized carbons (Fsp3) is 0.0769. The van der Waals surface area contributed by atoms with Gasteiger partial charge in [-0.25, -0.2) is 0 Å². The maximum Gasteiger partial charge on any atom is 0.119 e. The van der Waals surface area contributed by atoms with Crippen molar-refractivity contribution < 1.29 is 19.7 Å². The van der Waals surface area contributed by atoms with Gasteiger partial charge in [0.05, 0.1) is 19.6 Å². The smallest absolute Gasteiger partial charge is 0.119 e. The predicted octanol–water partition coefficient (Wildman–Crippen LogP) is 8.81. The number of aromatic hydroxyl groups is 2. The van der Waals surface area contributed by atoms with Crippen LogP contribution in [0.5, 0.6) is 23.0 Å². The van der Waals surface area contributed by atoms with Gasteiger partial charge in [-0.05, 0) is 116 Å². The van der Waals surface area contributed by atoms with E-state index in [1.165, 1.54) is 0 Å². The van der Waals surface area contributed by atoms with E-state index >= 15 is 0 Å². The molecule has 43 heavy (non-hydrogen) atoms. The molecule has 1 aliphatic rings. The lowest BCUT2D eigenvalue weighted by Gasteiger charge is -2.34. The molecule has 0 unspecified atom stereocenters. The minimum Gasteiger partial charge on any atom is -0.508 e. The predicted molar refractivity (Wildman–Crippen MR) is 171 cm³/mol. The number of hydrogen-bond acceptors (Lipinski definition) is 4. The standard InChI is InChI=1S/C39H30O4/c1-42-33-7-3-5-25(21-33)27-9-19-35-36-20-10-28(26-6-4-8-34(22-26)43-2)24-38(36)39(37(35)23-27,29-11-15-31(40)16-12-29)30-13-17-32(41)18-14-30/h3-24,40-41H,1-2H3. The topological polar surface area (TPSA) is 58.9 Å². The molecule has 0 amide bonds. The Kier molecular flexibility index (Phi) is 6.40. The van der Waals surface area contributed by atoms with Crippen molar-refractivity contribution in [3.63, 3.8) is 0 Å². The molecule has 2 N–H and O–H groups in total. The number of phenolic OH excluding ortho intramolecular Hbond substituents is 2. The third-order valence-corrected chi connectivity index (χ3v) is 8.54. The first kappa shape index (κ1) is 26.4. The zero-order chi connectivity index (χ0) is 29.6. The van der Waals surface area contributed by atoms with Gasteiger partial charge >= 0.3 is 0 Å². The Bertz CT molecular complexity index is 1810. The number of rotatable bonds is 6. The van der Waals surface area contributed by atoms with Crippen molar-refractivity contribution in [1.29, 1.82) is 0 Å². The molecule has 0 saturated heterocycles. The van der Waals surface area contributed by atoms with E-state index in [9.17, 15) is 10.2 Å². The summed E-state index contributed by atoms with van der Waals surface area (Å²) in [7, 11) is 3.36. The Morgan fingerprint density at radius 2 is 0.837 bits per heavy atom. The molecule has 0 spiro atoms. The quantitative estimate of drug-likeness (QED) is 0.213. The highest BCUT2D eigenvalue weighted by molar-refractivity contribution is 5.90. The highest BCUT2D eigenvalue weighted by Gasteiger charge is 2.46. The van der Waals surface area contributed by atoms with E-state index in [4.69, 9.17) is 9.47 Å². The second-order valence-electron chi connectivity index (χ2n) is 10.8. The van der Waals surface area contributed by atoms with Gasteiger partial charge in [-0.2, -0.15) is 0 Å². The van der Waals surface area contributed by atoms with Crippen molar-refractivity contribution in [2.24, 2.45) is 0 Å². The van der Waals surface area contributed by atoms with Gasteiger partial charge in [0.2, 0.25) is 0 Å². The van der Waals surface area contributed by atoms with Crippen molar-refractivity contribution in [3.05, 3.63) is 156 Å². The molecule has 0 radical (unpaired) electrons. The largest absolute Gasteiger partial charge is 0.508 e. The van der Waals surface area contributed by atoms with Gasteiger partial charge in [-0.15, -0.1) is 0 Å². The number of methoxy groups -OCH3 is 2. The maximum atomic E-state index is 10.3. The molecule has 210 valence electrons. The third-order valence-electron chi connectivity index (χ3n) is 8.54. The van der Waals surface area contributed by atoms with Gasteiger partial charge in [-0.1, -0.05) is 72.8 Å². The summed E-state index contributed by atoms with van der Waals surface area (Å²) in [5, 5.41) is 20.6. The number of benzene rings is 6. The highest BCUT2D eigenvalue weighted by atomic mass is 16.5. The van der Waals surface area contributed by atoms with Gasteiger partial charge < -0.3 is 19.7 Å². The van der Waals surface area contributed by atoms with Gasteiger partial charge in [0.25, 0.3) is 0 Å². The highest BCUT2D eigenvalue weighted by Crippen LogP contribution is 2.57. The number of hydrogen-bond donors (Lipinski definition) is 2. The third kappa shape index (κ3) is 4.31. The summed E-state index contributed by atoms with van der Waals surface area (Å²) in [6.45, 7) is 0. The average Bonchev–Trinajstić information content (AvgIpc) is 3.35. The first-order valence-corrected chi connectivity index (χ1v) is 14.2. The summed E-state index contributed by atoms with van der Waals surface area (Å²) in [5.41, 5.74) is 10.1. The fourth-order valence-electron chi connectivity index (χ4n) is 6.50. The summed E-state index contributed by atoms with van der Waals surface area (Å²) in [6.07, 6.45) is 0. The molecule has 4 nitrogen and oxygen atoms in total. The Balaban J connectivity index is 1.56. The molecular weight excluding hydrogens is 532 g/mol. The van der Waals surface area contributed by atoms with E-state index in [1.54, 1.807) is 38.5 Å². The zero-order valence-electron chi connectivity index (χ0n) is 23.9. The normalized spacial score (nSPS) is 12.8.